The van der Waals surface area contributed by atoms with Crippen molar-refractivity contribution in [3.8, 4) is 0 Å². The van der Waals surface area contributed by atoms with E-state index in [9.17, 15) is 8.42 Å². The van der Waals surface area contributed by atoms with Crippen LogP contribution < -0.4 is 10.5 Å². The van der Waals surface area contributed by atoms with Gasteiger partial charge < -0.3 is 5.73 Å². The van der Waals surface area contributed by atoms with E-state index in [4.69, 9.17) is 5.73 Å². The average molecular weight is 282 g/mol. The number of rotatable bonds is 6. The Kier molecular flexibility index (Phi) is 4.60. The molecule has 2 rings (SSSR count). The van der Waals surface area contributed by atoms with Gasteiger partial charge in [-0.15, -0.1) is 0 Å². The summed E-state index contributed by atoms with van der Waals surface area (Å²) >= 11 is 0. The number of nitrogens with one attached hydrogen (secondary N) is 1. The summed E-state index contributed by atoms with van der Waals surface area (Å²) in [5.74, 6) is 0.708. The van der Waals surface area contributed by atoms with Gasteiger partial charge in [0.2, 0.25) is 10.0 Å². The maximum Gasteiger partial charge on any atom is 0.240 e. The van der Waals surface area contributed by atoms with Crippen LogP contribution in [0.5, 0.6) is 0 Å². The molecule has 0 spiro atoms. The first-order chi connectivity index (χ1) is 9.03. The van der Waals surface area contributed by atoms with Crippen LogP contribution in [0.25, 0.3) is 0 Å². The highest BCUT2D eigenvalue weighted by Crippen LogP contribution is 2.29. The molecule has 1 saturated carbocycles. The van der Waals surface area contributed by atoms with E-state index in [1.165, 1.54) is 19.3 Å². The van der Waals surface area contributed by atoms with Gasteiger partial charge in [-0.05, 0) is 36.5 Å². The Hall–Kier alpha value is -0.910. The molecule has 1 aliphatic rings. The van der Waals surface area contributed by atoms with Crippen molar-refractivity contribution in [3.05, 3.63) is 29.3 Å². The predicted molar refractivity (Wildman–Crippen MR) is 76.2 cm³/mol. The summed E-state index contributed by atoms with van der Waals surface area (Å²) in [6, 6.07) is 5.34. The second kappa shape index (κ2) is 6.03. The Bertz CT molecular complexity index is 536. The van der Waals surface area contributed by atoms with Gasteiger partial charge in [0.05, 0.1) is 4.90 Å². The monoisotopic (exact) mass is 282 g/mol. The molecule has 0 bridgehead atoms. The first-order valence-corrected chi connectivity index (χ1v) is 8.30. The number of benzene rings is 1. The third-order valence-corrected chi connectivity index (χ3v) is 5.45. The van der Waals surface area contributed by atoms with Gasteiger partial charge in [0.15, 0.2) is 0 Å². The highest BCUT2D eigenvalue weighted by atomic mass is 32.2. The predicted octanol–water partition coefficient (Wildman–Crippen LogP) is 1.92. The molecule has 0 unspecified atom stereocenters. The molecule has 0 aliphatic heterocycles. The summed E-state index contributed by atoms with van der Waals surface area (Å²) < 4.78 is 27.2. The quantitative estimate of drug-likeness (QED) is 0.837. The summed E-state index contributed by atoms with van der Waals surface area (Å²) in [5.41, 5.74) is 7.16. The zero-order chi connectivity index (χ0) is 13.9. The van der Waals surface area contributed by atoms with Gasteiger partial charge in [-0.1, -0.05) is 31.4 Å². The summed E-state index contributed by atoms with van der Waals surface area (Å²) in [5, 5.41) is 0. The van der Waals surface area contributed by atoms with Gasteiger partial charge in [-0.25, -0.2) is 13.1 Å². The minimum absolute atomic E-state index is 0.351. The van der Waals surface area contributed by atoms with Crippen molar-refractivity contribution >= 4 is 10.0 Å². The normalized spacial score (nSPS) is 16.3. The van der Waals surface area contributed by atoms with Gasteiger partial charge in [-0.3, -0.25) is 0 Å². The molecular formula is C14H22N2O2S. The van der Waals surface area contributed by atoms with Crippen molar-refractivity contribution in [2.45, 2.75) is 44.0 Å². The van der Waals surface area contributed by atoms with Crippen molar-refractivity contribution in [3.63, 3.8) is 0 Å². The maximum atomic E-state index is 12.3. The summed E-state index contributed by atoms with van der Waals surface area (Å²) in [6.45, 7) is 2.69. The van der Waals surface area contributed by atoms with Crippen LogP contribution in [-0.4, -0.2) is 15.0 Å². The third kappa shape index (κ3) is 3.55. The number of hydrogen-bond acceptors (Lipinski definition) is 3. The maximum absolute atomic E-state index is 12.3. The molecule has 0 amide bonds. The van der Waals surface area contributed by atoms with Crippen LogP contribution in [0.4, 0.5) is 0 Å². The van der Waals surface area contributed by atoms with Crippen LogP contribution in [-0.2, 0) is 16.6 Å². The molecule has 0 radical (unpaired) electrons. The molecule has 0 saturated heterocycles. The Balaban J connectivity index is 2.05. The molecule has 4 nitrogen and oxygen atoms in total. The van der Waals surface area contributed by atoms with Gasteiger partial charge in [0.25, 0.3) is 0 Å². The van der Waals surface area contributed by atoms with E-state index >= 15 is 0 Å². The minimum atomic E-state index is -3.41. The Labute approximate surface area is 115 Å². The Morgan fingerprint density at radius 3 is 2.68 bits per heavy atom. The molecule has 0 heterocycles. The molecule has 0 aromatic heterocycles. The lowest BCUT2D eigenvalue weighted by molar-refractivity contribution is 0.297. The van der Waals surface area contributed by atoms with Crippen LogP contribution in [0.1, 0.15) is 36.8 Å². The van der Waals surface area contributed by atoms with E-state index in [2.05, 4.69) is 4.72 Å². The van der Waals surface area contributed by atoms with Crippen LogP contribution >= 0.6 is 0 Å². The SMILES string of the molecule is Cc1ccc(CN)cc1S(=O)(=O)NCCC1CCC1. The minimum Gasteiger partial charge on any atom is -0.326 e. The van der Waals surface area contributed by atoms with Crippen LogP contribution in [0.3, 0.4) is 0 Å². The van der Waals surface area contributed by atoms with Crippen LogP contribution in [0, 0.1) is 12.8 Å². The molecule has 1 aromatic rings. The molecule has 1 aromatic carbocycles. The average Bonchev–Trinajstić information content (AvgIpc) is 2.33. The highest BCUT2D eigenvalue weighted by molar-refractivity contribution is 7.89. The van der Waals surface area contributed by atoms with E-state index in [0.29, 0.717) is 23.9 Å². The molecule has 19 heavy (non-hydrogen) atoms. The largest absolute Gasteiger partial charge is 0.326 e. The molecule has 106 valence electrons. The van der Waals surface area contributed by atoms with Gasteiger partial charge >= 0.3 is 0 Å². The number of nitrogens with two attached hydrogens (primary N) is 1. The van der Waals surface area contributed by atoms with E-state index in [1.807, 2.05) is 12.1 Å². The number of sulfonamides is 1. The second-order valence-electron chi connectivity index (χ2n) is 5.29. The first-order valence-electron chi connectivity index (χ1n) is 6.82. The zero-order valence-corrected chi connectivity index (χ0v) is 12.2. The van der Waals surface area contributed by atoms with Gasteiger partial charge in [0, 0.05) is 13.1 Å². The van der Waals surface area contributed by atoms with Crippen molar-refractivity contribution in [1.29, 1.82) is 0 Å². The summed E-state index contributed by atoms with van der Waals surface area (Å²) in [6.07, 6.45) is 4.71. The fourth-order valence-corrected chi connectivity index (χ4v) is 3.66. The Morgan fingerprint density at radius 1 is 1.37 bits per heavy atom. The fraction of sp³-hybridized carbons (Fsp3) is 0.571. The van der Waals surface area contributed by atoms with E-state index in [0.717, 1.165) is 17.5 Å². The third-order valence-electron chi connectivity index (χ3n) is 3.85. The van der Waals surface area contributed by atoms with Crippen LogP contribution in [0.2, 0.25) is 0 Å². The molecular weight excluding hydrogens is 260 g/mol. The highest BCUT2D eigenvalue weighted by Gasteiger charge is 2.20. The zero-order valence-electron chi connectivity index (χ0n) is 11.4. The summed E-state index contributed by atoms with van der Waals surface area (Å²) in [4.78, 5) is 0.351. The lowest BCUT2D eigenvalue weighted by Gasteiger charge is -2.25. The molecule has 1 fully saturated rings. The van der Waals surface area contributed by atoms with Gasteiger partial charge in [0.1, 0.15) is 0 Å². The van der Waals surface area contributed by atoms with Crippen LogP contribution in [0.15, 0.2) is 23.1 Å². The first kappa shape index (κ1) is 14.5. The van der Waals surface area contributed by atoms with E-state index in [1.54, 1.807) is 13.0 Å². The Morgan fingerprint density at radius 2 is 2.11 bits per heavy atom. The van der Waals surface area contributed by atoms with Crippen molar-refractivity contribution in [2.24, 2.45) is 11.7 Å². The molecule has 3 N–H and O–H groups in total. The smallest absolute Gasteiger partial charge is 0.240 e. The molecule has 5 heteroatoms. The molecule has 1 aliphatic carbocycles. The van der Waals surface area contributed by atoms with Crippen molar-refractivity contribution in [2.75, 3.05) is 6.54 Å². The lowest BCUT2D eigenvalue weighted by atomic mass is 9.83. The fourth-order valence-electron chi connectivity index (χ4n) is 2.32. The topological polar surface area (TPSA) is 72.2 Å². The lowest BCUT2D eigenvalue weighted by Crippen LogP contribution is -2.28. The van der Waals surface area contributed by atoms with Crippen molar-refractivity contribution < 1.29 is 8.42 Å². The van der Waals surface area contributed by atoms with E-state index in [-0.39, 0.29) is 0 Å². The van der Waals surface area contributed by atoms with Crippen molar-refractivity contribution in [1.82, 2.24) is 4.72 Å². The standard InChI is InChI=1S/C14H22N2O2S/c1-11-5-6-13(10-15)9-14(11)19(17,18)16-8-7-12-3-2-4-12/h5-6,9,12,16H,2-4,7-8,10,15H2,1H3. The number of hydrogen-bond donors (Lipinski definition) is 2. The molecule has 0 atom stereocenters. The second-order valence-corrected chi connectivity index (χ2v) is 7.02. The van der Waals surface area contributed by atoms with E-state index < -0.39 is 10.0 Å². The number of aryl methyl sites for hydroxylation is 1. The van der Waals surface area contributed by atoms with Gasteiger partial charge in [-0.2, -0.15) is 0 Å². The summed E-state index contributed by atoms with van der Waals surface area (Å²) in [7, 11) is -3.41.